The molecular formula is C28H24N6O. The molecule has 7 heteroatoms. The Labute approximate surface area is 202 Å². The average molecular weight is 461 g/mol. The number of benzene rings is 3. The van der Waals surface area contributed by atoms with Crippen LogP contribution < -0.4 is 0 Å². The summed E-state index contributed by atoms with van der Waals surface area (Å²) in [5.74, 6) is 1.48. The van der Waals surface area contributed by atoms with Gasteiger partial charge in [-0.1, -0.05) is 84.9 Å². The maximum absolute atomic E-state index is 5.85. The summed E-state index contributed by atoms with van der Waals surface area (Å²) in [7, 11) is 0. The smallest absolute Gasteiger partial charge is 0.185 e. The third-order valence-electron chi connectivity index (χ3n) is 5.98. The van der Waals surface area contributed by atoms with E-state index >= 15 is 0 Å². The predicted octanol–water partition coefficient (Wildman–Crippen LogP) is 5.48. The molecule has 0 aliphatic heterocycles. The van der Waals surface area contributed by atoms with Gasteiger partial charge in [0.25, 0.3) is 0 Å². The Morgan fingerprint density at radius 2 is 1.49 bits per heavy atom. The maximum atomic E-state index is 5.85. The molecule has 0 atom stereocenters. The summed E-state index contributed by atoms with van der Waals surface area (Å²) in [6.45, 7) is 1.24. The molecule has 6 rings (SSSR count). The number of aryl methyl sites for hydroxylation is 1. The van der Waals surface area contributed by atoms with E-state index in [1.54, 1.807) is 6.33 Å². The summed E-state index contributed by atoms with van der Waals surface area (Å²) < 4.78 is 7.68. The van der Waals surface area contributed by atoms with Crippen LogP contribution in [0.15, 0.2) is 91.3 Å². The minimum Gasteiger partial charge on any atom is -0.377 e. The van der Waals surface area contributed by atoms with Gasteiger partial charge < -0.3 is 9.72 Å². The molecule has 0 aliphatic rings. The molecule has 6 aromatic rings. The lowest BCUT2D eigenvalue weighted by Crippen LogP contribution is -2.06. The second kappa shape index (κ2) is 9.48. The van der Waals surface area contributed by atoms with Gasteiger partial charge in [0.15, 0.2) is 17.1 Å². The van der Waals surface area contributed by atoms with E-state index in [4.69, 9.17) is 19.8 Å². The zero-order chi connectivity index (χ0) is 23.5. The van der Waals surface area contributed by atoms with Crippen LogP contribution >= 0.6 is 0 Å². The molecule has 35 heavy (non-hydrogen) atoms. The molecule has 1 N–H and O–H groups in total. The molecule has 0 radical (unpaired) electrons. The van der Waals surface area contributed by atoms with E-state index in [-0.39, 0.29) is 0 Å². The lowest BCUT2D eigenvalue weighted by molar-refractivity contribution is 0.118. The minimum atomic E-state index is 0.606. The van der Waals surface area contributed by atoms with E-state index < -0.39 is 0 Å². The van der Waals surface area contributed by atoms with Crippen LogP contribution in [-0.4, -0.2) is 36.2 Å². The fourth-order valence-electron chi connectivity index (χ4n) is 4.18. The van der Waals surface area contributed by atoms with E-state index in [1.165, 1.54) is 11.1 Å². The summed E-state index contributed by atoms with van der Waals surface area (Å²) >= 11 is 0. The quantitative estimate of drug-likeness (QED) is 0.304. The number of hydrogen-bond acceptors (Lipinski definition) is 5. The van der Waals surface area contributed by atoms with Crippen molar-refractivity contribution < 1.29 is 4.74 Å². The highest BCUT2D eigenvalue weighted by molar-refractivity contribution is 5.85. The summed E-state index contributed by atoms with van der Waals surface area (Å²) in [4.78, 5) is 17.1. The van der Waals surface area contributed by atoms with Gasteiger partial charge in [-0.2, -0.15) is 4.52 Å². The zero-order valence-corrected chi connectivity index (χ0v) is 19.1. The number of aromatic amines is 1. The first kappa shape index (κ1) is 21.2. The van der Waals surface area contributed by atoms with Crippen LogP contribution in [0.2, 0.25) is 0 Å². The molecule has 7 nitrogen and oxygen atoms in total. The van der Waals surface area contributed by atoms with Gasteiger partial charge in [0, 0.05) is 18.6 Å². The third kappa shape index (κ3) is 4.41. The van der Waals surface area contributed by atoms with Crippen molar-refractivity contribution in [2.45, 2.75) is 19.4 Å². The monoisotopic (exact) mass is 460 g/mol. The van der Waals surface area contributed by atoms with Crippen LogP contribution in [0.3, 0.4) is 0 Å². The maximum Gasteiger partial charge on any atom is 0.185 e. The fraction of sp³-hybridized carbons (Fsp3) is 0.143. The Balaban J connectivity index is 1.24. The zero-order valence-electron chi connectivity index (χ0n) is 19.1. The topological polar surface area (TPSA) is 81.0 Å². The number of rotatable bonds is 8. The van der Waals surface area contributed by atoms with Crippen LogP contribution in [0.1, 0.15) is 17.8 Å². The second-order valence-electron chi connectivity index (χ2n) is 8.39. The first-order valence-electron chi connectivity index (χ1n) is 11.7. The Hall–Kier alpha value is -4.36. The summed E-state index contributed by atoms with van der Waals surface area (Å²) in [6, 6.07) is 28.8. The van der Waals surface area contributed by atoms with Gasteiger partial charge in [-0.3, -0.25) is 0 Å². The van der Waals surface area contributed by atoms with Gasteiger partial charge in [0.1, 0.15) is 11.3 Å². The van der Waals surface area contributed by atoms with Gasteiger partial charge in [-0.25, -0.2) is 15.0 Å². The van der Waals surface area contributed by atoms with Crippen molar-refractivity contribution in [3.63, 3.8) is 0 Å². The van der Waals surface area contributed by atoms with Gasteiger partial charge in [-0.15, -0.1) is 5.10 Å². The van der Waals surface area contributed by atoms with Gasteiger partial charge in [0.2, 0.25) is 0 Å². The van der Waals surface area contributed by atoms with Crippen molar-refractivity contribution in [2.75, 3.05) is 6.61 Å². The number of nitrogens with zero attached hydrogens (tertiary/aromatic N) is 5. The van der Waals surface area contributed by atoms with Crippen molar-refractivity contribution in [1.29, 1.82) is 0 Å². The lowest BCUT2D eigenvalue weighted by Gasteiger charge is -2.06. The number of imidazole rings is 1. The number of fused-ring (bicyclic) bond motifs is 3. The Morgan fingerprint density at radius 3 is 2.29 bits per heavy atom. The number of ether oxygens (including phenoxy) is 1. The van der Waals surface area contributed by atoms with Gasteiger partial charge in [-0.05, 0) is 23.1 Å². The molecule has 0 saturated carbocycles. The average Bonchev–Trinajstić information content (AvgIpc) is 3.57. The molecular weight excluding hydrogens is 436 g/mol. The Kier molecular flexibility index (Phi) is 5.74. The van der Waals surface area contributed by atoms with Crippen LogP contribution in [-0.2, 0) is 17.8 Å². The van der Waals surface area contributed by atoms with Crippen molar-refractivity contribution in [3.8, 4) is 22.5 Å². The number of H-pyrrole nitrogens is 1. The van der Waals surface area contributed by atoms with Crippen LogP contribution in [0, 0.1) is 0 Å². The molecule has 0 aliphatic carbocycles. The molecule has 0 fully saturated rings. The van der Waals surface area contributed by atoms with Crippen molar-refractivity contribution in [3.05, 3.63) is 103 Å². The van der Waals surface area contributed by atoms with E-state index in [9.17, 15) is 0 Å². The normalized spacial score (nSPS) is 11.4. The highest BCUT2D eigenvalue weighted by Crippen LogP contribution is 2.25. The Morgan fingerprint density at radius 1 is 0.771 bits per heavy atom. The van der Waals surface area contributed by atoms with E-state index in [0.717, 1.165) is 34.5 Å². The highest BCUT2D eigenvalue weighted by atomic mass is 16.5. The first-order valence-corrected chi connectivity index (χ1v) is 11.7. The Bertz CT molecular complexity index is 1560. The summed E-state index contributed by atoms with van der Waals surface area (Å²) in [6.07, 6.45) is 3.18. The van der Waals surface area contributed by atoms with Crippen LogP contribution in [0.25, 0.3) is 39.3 Å². The lowest BCUT2D eigenvalue weighted by atomic mass is 10.0. The molecule has 3 aromatic heterocycles. The molecule has 0 saturated heterocycles. The van der Waals surface area contributed by atoms with Crippen LogP contribution in [0.5, 0.6) is 0 Å². The SMILES string of the molecule is c1ccc(COCCCc2nc3nc[nH]c3c3nc(-c4ccc(-c5ccccc5)cc4)nn23)cc1. The number of aromatic nitrogens is 6. The van der Waals surface area contributed by atoms with Crippen LogP contribution in [0.4, 0.5) is 0 Å². The molecule has 3 aromatic carbocycles. The van der Waals surface area contributed by atoms with E-state index in [0.29, 0.717) is 31.1 Å². The molecule has 0 bridgehead atoms. The van der Waals surface area contributed by atoms with Gasteiger partial charge in [0.05, 0.1) is 12.9 Å². The largest absolute Gasteiger partial charge is 0.377 e. The van der Waals surface area contributed by atoms with Gasteiger partial charge >= 0.3 is 0 Å². The van der Waals surface area contributed by atoms with Crippen molar-refractivity contribution >= 4 is 16.8 Å². The summed E-state index contributed by atoms with van der Waals surface area (Å²) in [5, 5.41) is 4.82. The van der Waals surface area contributed by atoms with Crippen molar-refractivity contribution in [2.24, 2.45) is 0 Å². The second-order valence-corrected chi connectivity index (χ2v) is 8.39. The minimum absolute atomic E-state index is 0.606. The molecule has 172 valence electrons. The number of nitrogens with one attached hydrogen (secondary N) is 1. The first-order chi connectivity index (χ1) is 17.3. The molecule has 0 amide bonds. The predicted molar refractivity (Wildman–Crippen MR) is 136 cm³/mol. The fourth-order valence-corrected chi connectivity index (χ4v) is 4.18. The summed E-state index contributed by atoms with van der Waals surface area (Å²) in [5.41, 5.74) is 6.64. The van der Waals surface area contributed by atoms with Crippen molar-refractivity contribution in [1.82, 2.24) is 29.5 Å². The van der Waals surface area contributed by atoms with E-state index in [1.807, 2.05) is 40.9 Å². The standard InChI is InChI=1S/C28H24N6O/c1-3-8-20(9-4-1)18-35-17-7-12-24-31-27-25(29-19-30-27)28-32-26(33-34(24)28)23-15-13-22(14-16-23)21-10-5-2-6-11-21/h1-6,8-11,13-16,19H,7,12,17-18H2,(H,29,30). The third-order valence-corrected chi connectivity index (χ3v) is 5.98. The highest BCUT2D eigenvalue weighted by Gasteiger charge is 2.16. The molecule has 0 unspecified atom stereocenters. The number of hydrogen-bond donors (Lipinski definition) is 1. The van der Waals surface area contributed by atoms with E-state index in [2.05, 4.69) is 58.5 Å². The molecule has 0 spiro atoms. The molecule has 3 heterocycles.